The van der Waals surface area contributed by atoms with E-state index < -0.39 is 124 Å². The molecule has 0 bridgehead atoms. The van der Waals surface area contributed by atoms with Crippen molar-refractivity contribution in [2.75, 3.05) is 26.4 Å². The van der Waals surface area contributed by atoms with Crippen molar-refractivity contribution in [1.82, 2.24) is 0 Å². The minimum atomic E-state index is -1.87. The van der Waals surface area contributed by atoms with Crippen molar-refractivity contribution in [3.8, 4) is 0 Å². The van der Waals surface area contributed by atoms with E-state index in [9.17, 15) is 51.1 Å². The SMILES string of the molecule is CC1CCC2(OC1)OC1CC3C4CC(OC5OC(CO)C(O)C(OC6OC(CO)C(O)C(O)C6O)C5OC5OCC(O)C(O)C5O)C5CC(O)CCC5(C)C4CCC3(C)C1C2C. The van der Waals surface area contributed by atoms with Crippen molar-refractivity contribution >= 4 is 0 Å². The molecule has 0 radical (unpaired) electrons. The van der Waals surface area contributed by atoms with Crippen molar-refractivity contribution in [3.63, 3.8) is 0 Å². The molecule has 27 atom stereocenters. The molecule has 5 heterocycles. The molecule has 0 aromatic carbocycles. The maximum Gasteiger partial charge on any atom is 0.187 e. The Morgan fingerprint density at radius 2 is 1.27 bits per heavy atom. The lowest BCUT2D eigenvalue weighted by molar-refractivity contribution is -0.394. The molecular weight excluding hydrogens is 816 g/mol. The Kier molecular flexibility index (Phi) is 13.0. The fourth-order valence-electron chi connectivity index (χ4n) is 14.4. The van der Waals surface area contributed by atoms with Gasteiger partial charge in [-0.05, 0) is 97.7 Å². The van der Waals surface area contributed by atoms with Gasteiger partial charge < -0.3 is 89.0 Å². The van der Waals surface area contributed by atoms with Crippen LogP contribution < -0.4 is 0 Å². The molecule has 0 aromatic heterocycles. The number of fused-ring (bicyclic) bond motifs is 7. The molecule has 18 heteroatoms. The van der Waals surface area contributed by atoms with Crippen LogP contribution >= 0.6 is 0 Å². The predicted octanol–water partition coefficient (Wildman–Crippen LogP) is -1.12. The fourth-order valence-corrected chi connectivity index (χ4v) is 14.4. The Morgan fingerprint density at radius 3 is 1.98 bits per heavy atom. The molecule has 0 aromatic rings. The molecule has 5 saturated heterocycles. The maximum atomic E-state index is 11.7. The number of hydrogen-bond donors (Lipinski definition) is 10. The third-order valence-corrected chi connectivity index (χ3v) is 17.9. The summed E-state index contributed by atoms with van der Waals surface area (Å²) in [5.41, 5.74) is -0.259. The van der Waals surface area contributed by atoms with Gasteiger partial charge in [0.1, 0.15) is 67.1 Å². The quantitative estimate of drug-likeness (QED) is 0.129. The largest absolute Gasteiger partial charge is 0.394 e. The number of ether oxygens (including phenoxy) is 8. The normalized spacial score (nSPS) is 58.9. The Morgan fingerprint density at radius 1 is 0.597 bits per heavy atom. The lowest BCUT2D eigenvalue weighted by atomic mass is 9.43. The van der Waals surface area contributed by atoms with Crippen molar-refractivity contribution < 1.29 is 89.0 Å². The van der Waals surface area contributed by atoms with Crippen LogP contribution in [0, 0.1) is 52.3 Å². The van der Waals surface area contributed by atoms with Gasteiger partial charge in [0.25, 0.3) is 0 Å². The molecule has 4 aliphatic carbocycles. The molecule has 356 valence electrons. The van der Waals surface area contributed by atoms with Crippen molar-refractivity contribution in [1.29, 1.82) is 0 Å². The molecule has 27 unspecified atom stereocenters. The highest BCUT2D eigenvalue weighted by molar-refractivity contribution is 5.16. The van der Waals surface area contributed by atoms with E-state index in [0.29, 0.717) is 49.5 Å². The van der Waals surface area contributed by atoms with E-state index in [2.05, 4.69) is 27.7 Å². The van der Waals surface area contributed by atoms with Crippen molar-refractivity contribution in [2.24, 2.45) is 52.3 Å². The minimum absolute atomic E-state index is 0.0215. The van der Waals surface area contributed by atoms with Crippen LogP contribution in [-0.4, -0.2) is 188 Å². The van der Waals surface area contributed by atoms with E-state index in [0.717, 1.165) is 38.5 Å². The van der Waals surface area contributed by atoms with Gasteiger partial charge in [-0.3, -0.25) is 0 Å². The highest BCUT2D eigenvalue weighted by Crippen LogP contribution is 2.71. The Hall–Kier alpha value is -0.720. The second-order valence-corrected chi connectivity index (χ2v) is 21.2. The zero-order valence-electron chi connectivity index (χ0n) is 36.3. The van der Waals surface area contributed by atoms with Gasteiger partial charge in [0.2, 0.25) is 0 Å². The summed E-state index contributed by atoms with van der Waals surface area (Å²) in [5.74, 6) is 1.22. The van der Waals surface area contributed by atoms with E-state index >= 15 is 0 Å². The first-order valence-electron chi connectivity index (χ1n) is 23.3. The molecule has 10 N–H and O–H groups in total. The van der Waals surface area contributed by atoms with E-state index in [1.54, 1.807) is 0 Å². The summed E-state index contributed by atoms with van der Waals surface area (Å²) in [4.78, 5) is 0. The zero-order chi connectivity index (χ0) is 44.2. The monoisotopic (exact) mass is 888 g/mol. The zero-order valence-corrected chi connectivity index (χ0v) is 36.3. The topological polar surface area (TPSA) is 276 Å². The summed E-state index contributed by atoms with van der Waals surface area (Å²) < 4.78 is 50.9. The average Bonchev–Trinajstić information content (AvgIpc) is 3.70. The van der Waals surface area contributed by atoms with E-state index in [4.69, 9.17) is 37.9 Å². The number of aliphatic hydroxyl groups is 10. The number of rotatable bonds is 8. The average molecular weight is 889 g/mol. The standard InChI is InChI=1S/C44H72O18/c1-18-5-10-44(56-16-18)19(2)30-27(62-44)13-23-21-12-26(24-11-20(47)6-8-42(24,3)22(21)7-9-43(23,30)4)57-41-38(61-39-35(53)31(49)25(48)17-55-39)37(33(51)29(15-46)59-41)60-40-36(54)34(52)32(50)28(14-45)58-40/h18-41,45-54H,5-17H2,1-4H3. The van der Waals surface area contributed by atoms with Gasteiger partial charge in [0.05, 0.1) is 44.7 Å². The molecule has 9 fully saturated rings. The van der Waals surface area contributed by atoms with Gasteiger partial charge >= 0.3 is 0 Å². The Balaban J connectivity index is 1.04. The molecule has 18 nitrogen and oxygen atoms in total. The van der Waals surface area contributed by atoms with Crippen LogP contribution in [0.4, 0.5) is 0 Å². The van der Waals surface area contributed by atoms with Gasteiger partial charge in [0, 0.05) is 12.3 Å². The van der Waals surface area contributed by atoms with Crippen LogP contribution in [0.25, 0.3) is 0 Å². The minimum Gasteiger partial charge on any atom is -0.394 e. The van der Waals surface area contributed by atoms with E-state index in [-0.39, 0.29) is 34.7 Å². The molecule has 9 aliphatic rings. The molecule has 1 spiro atoms. The maximum absolute atomic E-state index is 11.7. The van der Waals surface area contributed by atoms with Crippen LogP contribution in [0.15, 0.2) is 0 Å². The third-order valence-electron chi connectivity index (χ3n) is 17.9. The lowest BCUT2D eigenvalue weighted by Crippen LogP contribution is -2.67. The first-order valence-corrected chi connectivity index (χ1v) is 23.3. The highest BCUT2D eigenvalue weighted by atomic mass is 16.8. The summed E-state index contributed by atoms with van der Waals surface area (Å²) in [6, 6.07) is 0. The molecule has 5 aliphatic heterocycles. The second-order valence-electron chi connectivity index (χ2n) is 21.2. The second kappa shape index (κ2) is 17.4. The van der Waals surface area contributed by atoms with Crippen molar-refractivity contribution in [3.05, 3.63) is 0 Å². The van der Waals surface area contributed by atoms with E-state index in [1.807, 2.05) is 0 Å². The summed E-state index contributed by atoms with van der Waals surface area (Å²) in [5, 5.41) is 107. The van der Waals surface area contributed by atoms with Gasteiger partial charge in [-0.15, -0.1) is 0 Å². The fraction of sp³-hybridized carbons (Fsp3) is 1.00. The van der Waals surface area contributed by atoms with Crippen LogP contribution in [-0.2, 0) is 37.9 Å². The summed E-state index contributed by atoms with van der Waals surface area (Å²) >= 11 is 0. The Labute approximate surface area is 362 Å². The summed E-state index contributed by atoms with van der Waals surface area (Å²) in [6.07, 6.45) is -16.2. The molecular formula is C44H72O18. The molecule has 62 heavy (non-hydrogen) atoms. The van der Waals surface area contributed by atoms with Crippen molar-refractivity contribution in [2.45, 2.75) is 196 Å². The van der Waals surface area contributed by atoms with Crippen LogP contribution in [0.1, 0.15) is 85.5 Å². The smallest absolute Gasteiger partial charge is 0.187 e. The number of aliphatic hydroxyl groups excluding tert-OH is 10. The first-order chi connectivity index (χ1) is 29.4. The van der Waals surface area contributed by atoms with Gasteiger partial charge in [-0.1, -0.05) is 27.7 Å². The van der Waals surface area contributed by atoms with Crippen LogP contribution in [0.2, 0.25) is 0 Å². The van der Waals surface area contributed by atoms with Gasteiger partial charge in [-0.25, -0.2) is 0 Å². The molecule has 0 amide bonds. The summed E-state index contributed by atoms with van der Waals surface area (Å²) in [7, 11) is 0. The van der Waals surface area contributed by atoms with Crippen LogP contribution in [0.5, 0.6) is 0 Å². The first kappa shape index (κ1) is 46.4. The van der Waals surface area contributed by atoms with E-state index in [1.165, 1.54) is 0 Å². The number of hydrogen-bond acceptors (Lipinski definition) is 18. The lowest BCUT2D eigenvalue weighted by Gasteiger charge is -2.63. The van der Waals surface area contributed by atoms with Gasteiger partial charge in [-0.2, -0.15) is 0 Å². The summed E-state index contributed by atoms with van der Waals surface area (Å²) in [6.45, 7) is 8.13. The van der Waals surface area contributed by atoms with Gasteiger partial charge in [0.15, 0.2) is 24.7 Å². The Bertz CT molecular complexity index is 1550. The third kappa shape index (κ3) is 7.55. The molecule has 4 saturated carbocycles. The predicted molar refractivity (Wildman–Crippen MR) is 211 cm³/mol. The molecule has 9 rings (SSSR count). The highest BCUT2D eigenvalue weighted by Gasteiger charge is 2.70. The van der Waals surface area contributed by atoms with Crippen LogP contribution in [0.3, 0.4) is 0 Å².